The van der Waals surface area contributed by atoms with E-state index in [1.54, 1.807) is 24.3 Å². The molecule has 11 heteroatoms. The Hall–Kier alpha value is -3.86. The lowest BCUT2D eigenvalue weighted by molar-refractivity contribution is -0.156. The second-order valence-electron chi connectivity index (χ2n) is 8.29. The van der Waals surface area contributed by atoms with Crippen LogP contribution in [0.1, 0.15) is 23.3 Å². The standard InChI is InChI=1S/C26H20F4N2O4S/c1-13(31-22(33)10-14-8-16(28)11-17(29)9-14)26(35)36-23-24(18-12-15(27)6-7-19(18)30)37-21-5-3-2-4-20(21)32-25(23)34/h2-9,11-13,23-24H,10H2,1H3,(H,31,33)(H,32,34)/t13-,23-,24+/m0/s1. The van der Waals surface area contributed by atoms with Crippen molar-refractivity contribution < 1.29 is 36.7 Å². The monoisotopic (exact) mass is 532 g/mol. The van der Waals surface area contributed by atoms with Crippen molar-refractivity contribution in [2.24, 2.45) is 0 Å². The molecule has 0 bridgehead atoms. The molecule has 0 spiro atoms. The molecule has 0 aromatic heterocycles. The SMILES string of the molecule is C[C@H](NC(=O)Cc1cc(F)cc(F)c1)C(=O)O[C@@H]1C(=O)Nc2ccccc2S[C@@H]1c1cc(F)ccc1F. The number of esters is 1. The molecular weight excluding hydrogens is 512 g/mol. The summed E-state index contributed by atoms with van der Waals surface area (Å²) in [4.78, 5) is 38.8. The third-order valence-corrected chi connectivity index (χ3v) is 6.82. The Kier molecular flexibility index (Phi) is 7.82. The fourth-order valence-electron chi connectivity index (χ4n) is 3.76. The van der Waals surface area contributed by atoms with E-state index >= 15 is 0 Å². The molecule has 0 aliphatic carbocycles. The van der Waals surface area contributed by atoms with Crippen LogP contribution in [0.4, 0.5) is 23.2 Å². The molecule has 3 aromatic carbocycles. The first kappa shape index (κ1) is 26.2. The average Bonchev–Trinajstić information content (AvgIpc) is 2.96. The predicted molar refractivity (Wildman–Crippen MR) is 128 cm³/mol. The quantitative estimate of drug-likeness (QED) is 0.356. The van der Waals surface area contributed by atoms with Crippen molar-refractivity contribution >= 4 is 35.2 Å². The molecular formula is C26H20F4N2O4S. The Labute approximate surface area is 213 Å². The smallest absolute Gasteiger partial charge is 0.329 e. The molecule has 1 heterocycles. The van der Waals surface area contributed by atoms with Crippen molar-refractivity contribution in [2.75, 3.05) is 5.32 Å². The van der Waals surface area contributed by atoms with Gasteiger partial charge >= 0.3 is 5.97 Å². The van der Waals surface area contributed by atoms with Gasteiger partial charge in [-0.2, -0.15) is 0 Å². The number of para-hydroxylation sites is 1. The number of carbonyl (C=O) groups is 3. The molecule has 4 rings (SSSR count). The van der Waals surface area contributed by atoms with Gasteiger partial charge in [0.15, 0.2) is 6.10 Å². The van der Waals surface area contributed by atoms with E-state index in [1.807, 2.05) is 0 Å². The number of anilines is 1. The zero-order valence-electron chi connectivity index (χ0n) is 19.3. The van der Waals surface area contributed by atoms with Crippen molar-refractivity contribution in [1.29, 1.82) is 0 Å². The third-order valence-electron chi connectivity index (χ3n) is 5.46. The summed E-state index contributed by atoms with van der Waals surface area (Å²) < 4.78 is 61.0. The van der Waals surface area contributed by atoms with Crippen LogP contribution in [0.15, 0.2) is 65.6 Å². The molecule has 0 saturated carbocycles. The van der Waals surface area contributed by atoms with E-state index in [9.17, 15) is 31.9 Å². The van der Waals surface area contributed by atoms with Crippen LogP contribution in [0.3, 0.4) is 0 Å². The summed E-state index contributed by atoms with van der Waals surface area (Å²) in [5, 5.41) is 3.82. The van der Waals surface area contributed by atoms with Gasteiger partial charge < -0.3 is 15.4 Å². The van der Waals surface area contributed by atoms with Crippen molar-refractivity contribution in [3.05, 3.63) is 95.1 Å². The Bertz CT molecular complexity index is 1350. The van der Waals surface area contributed by atoms with Gasteiger partial charge in [-0.15, -0.1) is 11.8 Å². The van der Waals surface area contributed by atoms with E-state index < -0.39 is 64.9 Å². The molecule has 1 aliphatic rings. The van der Waals surface area contributed by atoms with E-state index in [2.05, 4.69) is 10.6 Å². The van der Waals surface area contributed by atoms with Crippen molar-refractivity contribution in [3.8, 4) is 0 Å². The van der Waals surface area contributed by atoms with Crippen LogP contribution in [0.25, 0.3) is 0 Å². The number of fused-ring (bicyclic) bond motifs is 1. The van der Waals surface area contributed by atoms with Gasteiger partial charge in [-0.3, -0.25) is 9.59 Å². The van der Waals surface area contributed by atoms with E-state index in [-0.39, 0.29) is 11.1 Å². The van der Waals surface area contributed by atoms with Gasteiger partial charge in [-0.1, -0.05) is 12.1 Å². The molecule has 3 atom stereocenters. The summed E-state index contributed by atoms with van der Waals surface area (Å²) in [7, 11) is 0. The van der Waals surface area contributed by atoms with Crippen LogP contribution in [0, 0.1) is 23.3 Å². The molecule has 0 radical (unpaired) electrons. The first-order valence-electron chi connectivity index (χ1n) is 11.1. The van der Waals surface area contributed by atoms with Crippen molar-refractivity contribution in [3.63, 3.8) is 0 Å². The number of amides is 2. The Balaban J connectivity index is 1.54. The van der Waals surface area contributed by atoms with Gasteiger partial charge in [0.1, 0.15) is 29.3 Å². The van der Waals surface area contributed by atoms with Gasteiger partial charge in [0, 0.05) is 16.5 Å². The molecule has 1 aliphatic heterocycles. The lowest BCUT2D eigenvalue weighted by Gasteiger charge is -2.25. The number of ether oxygens (including phenoxy) is 1. The van der Waals surface area contributed by atoms with Crippen molar-refractivity contribution in [1.82, 2.24) is 5.32 Å². The van der Waals surface area contributed by atoms with Gasteiger partial charge in [-0.05, 0) is 55.0 Å². The number of benzene rings is 3. The summed E-state index contributed by atoms with van der Waals surface area (Å²) in [5.41, 5.74) is 0.274. The van der Waals surface area contributed by atoms with E-state index in [0.29, 0.717) is 16.6 Å². The van der Waals surface area contributed by atoms with Crippen LogP contribution < -0.4 is 10.6 Å². The van der Waals surface area contributed by atoms with Crippen LogP contribution in [0.2, 0.25) is 0 Å². The number of halogens is 4. The maximum absolute atomic E-state index is 14.7. The predicted octanol–water partition coefficient (Wildman–Crippen LogP) is 4.69. The highest BCUT2D eigenvalue weighted by Crippen LogP contribution is 2.45. The number of rotatable bonds is 6. The molecule has 0 saturated heterocycles. The normalized spacial score (nSPS) is 17.7. The summed E-state index contributed by atoms with van der Waals surface area (Å²) in [6, 6.07) is 10.8. The molecule has 0 fully saturated rings. The van der Waals surface area contributed by atoms with Gasteiger partial charge in [0.25, 0.3) is 5.91 Å². The number of nitrogens with one attached hydrogen (secondary N) is 2. The van der Waals surface area contributed by atoms with Gasteiger partial charge in [-0.25, -0.2) is 22.4 Å². The lowest BCUT2D eigenvalue weighted by Crippen LogP contribution is -2.44. The molecule has 2 amide bonds. The van der Waals surface area contributed by atoms with Crippen molar-refractivity contribution in [2.45, 2.75) is 35.6 Å². The molecule has 192 valence electrons. The molecule has 2 N–H and O–H groups in total. The fourth-order valence-corrected chi connectivity index (χ4v) is 5.05. The Morgan fingerprint density at radius 3 is 2.43 bits per heavy atom. The summed E-state index contributed by atoms with van der Waals surface area (Å²) >= 11 is 1.01. The summed E-state index contributed by atoms with van der Waals surface area (Å²) in [6.07, 6.45) is -2.00. The van der Waals surface area contributed by atoms with E-state index in [4.69, 9.17) is 4.74 Å². The van der Waals surface area contributed by atoms with Crippen LogP contribution in [-0.2, 0) is 25.5 Å². The minimum absolute atomic E-state index is 0.0505. The highest BCUT2D eigenvalue weighted by Gasteiger charge is 2.39. The van der Waals surface area contributed by atoms with E-state index in [0.717, 1.165) is 42.1 Å². The second-order valence-corrected chi connectivity index (χ2v) is 9.47. The third kappa shape index (κ3) is 6.29. The fraction of sp³-hybridized carbons (Fsp3) is 0.192. The van der Waals surface area contributed by atoms with E-state index in [1.165, 1.54) is 6.92 Å². The number of carbonyl (C=O) groups excluding carboxylic acids is 3. The van der Waals surface area contributed by atoms with Crippen LogP contribution in [0.5, 0.6) is 0 Å². The highest BCUT2D eigenvalue weighted by atomic mass is 32.2. The largest absolute Gasteiger partial charge is 0.449 e. The van der Waals surface area contributed by atoms with Crippen LogP contribution >= 0.6 is 11.8 Å². The molecule has 0 unspecified atom stereocenters. The topological polar surface area (TPSA) is 84.5 Å². The maximum atomic E-state index is 14.7. The zero-order chi connectivity index (χ0) is 26.7. The average molecular weight is 533 g/mol. The molecule has 37 heavy (non-hydrogen) atoms. The number of hydrogen-bond acceptors (Lipinski definition) is 5. The number of hydrogen-bond donors (Lipinski definition) is 2. The summed E-state index contributed by atoms with van der Waals surface area (Å²) in [6.45, 7) is 1.29. The van der Waals surface area contributed by atoms with Gasteiger partial charge in [0.2, 0.25) is 5.91 Å². The minimum Gasteiger partial charge on any atom is -0.449 e. The zero-order valence-corrected chi connectivity index (χ0v) is 20.1. The van der Waals surface area contributed by atoms with Crippen LogP contribution in [-0.4, -0.2) is 29.9 Å². The summed E-state index contributed by atoms with van der Waals surface area (Å²) in [5.74, 6) is -5.77. The highest BCUT2D eigenvalue weighted by molar-refractivity contribution is 7.99. The minimum atomic E-state index is -1.59. The Morgan fingerprint density at radius 2 is 1.70 bits per heavy atom. The second kappa shape index (κ2) is 11.0. The lowest BCUT2D eigenvalue weighted by atomic mass is 10.1. The van der Waals surface area contributed by atoms with Gasteiger partial charge in [0.05, 0.1) is 17.4 Å². The Morgan fingerprint density at radius 1 is 1.00 bits per heavy atom. The molecule has 6 nitrogen and oxygen atoms in total. The maximum Gasteiger partial charge on any atom is 0.329 e. The molecule has 3 aromatic rings. The first-order valence-corrected chi connectivity index (χ1v) is 11.9. The number of thioether (sulfide) groups is 1. The first-order chi connectivity index (χ1) is 17.6.